The van der Waals surface area contributed by atoms with E-state index in [1.54, 1.807) is 0 Å². The van der Waals surface area contributed by atoms with E-state index in [1.807, 2.05) is 13.0 Å². The Labute approximate surface area is 114 Å². The van der Waals surface area contributed by atoms with Crippen LogP contribution < -0.4 is 10.6 Å². The zero-order chi connectivity index (χ0) is 14.1. The summed E-state index contributed by atoms with van der Waals surface area (Å²) < 4.78 is 0. The van der Waals surface area contributed by atoms with Crippen molar-refractivity contribution in [2.75, 3.05) is 18.4 Å². The number of piperidine rings is 1. The molecule has 0 spiro atoms. The Bertz CT molecular complexity index is 452. The lowest BCUT2D eigenvalue weighted by Crippen LogP contribution is -2.46. The Hall–Kier alpha value is -1.36. The Kier molecular flexibility index (Phi) is 3.67. The number of hydrogen-bond donors (Lipinski definition) is 3. The highest BCUT2D eigenvalue weighted by Gasteiger charge is 2.35. The quantitative estimate of drug-likeness (QED) is 0.765. The third kappa shape index (κ3) is 3.15. The molecule has 1 aromatic rings. The average molecular weight is 264 g/mol. The summed E-state index contributed by atoms with van der Waals surface area (Å²) in [6.07, 6.45) is 1.96. The molecule has 2 rings (SSSR count). The van der Waals surface area contributed by atoms with Gasteiger partial charge in [-0.1, -0.05) is 20.8 Å². The molecule has 19 heavy (non-hydrogen) atoms. The number of aromatic nitrogens is 2. The zero-order valence-electron chi connectivity index (χ0n) is 12.3. The molecule has 1 unspecified atom stereocenters. The van der Waals surface area contributed by atoms with Crippen LogP contribution in [0, 0.1) is 5.41 Å². The fourth-order valence-corrected chi connectivity index (χ4v) is 2.29. The van der Waals surface area contributed by atoms with Gasteiger partial charge in [-0.15, -0.1) is 0 Å². The number of aromatic amines is 1. The van der Waals surface area contributed by atoms with E-state index in [0.29, 0.717) is 5.82 Å². The number of nitrogens with zero attached hydrogens (tertiary/aromatic N) is 1. The van der Waals surface area contributed by atoms with E-state index in [2.05, 4.69) is 41.6 Å². The molecule has 1 aliphatic rings. The van der Waals surface area contributed by atoms with Gasteiger partial charge in [-0.05, 0) is 26.3 Å². The summed E-state index contributed by atoms with van der Waals surface area (Å²) in [7, 11) is 0. The van der Waals surface area contributed by atoms with E-state index in [4.69, 9.17) is 0 Å². The maximum absolute atomic E-state index is 12.3. The molecule has 5 nitrogen and oxygen atoms in total. The van der Waals surface area contributed by atoms with Crippen molar-refractivity contribution < 1.29 is 4.79 Å². The Balaban J connectivity index is 2.04. The second-order valence-corrected chi connectivity index (χ2v) is 6.71. The van der Waals surface area contributed by atoms with Crippen LogP contribution >= 0.6 is 0 Å². The lowest BCUT2D eigenvalue weighted by atomic mass is 9.82. The van der Waals surface area contributed by atoms with Gasteiger partial charge in [0.25, 0.3) is 0 Å². The maximum atomic E-state index is 12.3. The summed E-state index contributed by atoms with van der Waals surface area (Å²) >= 11 is 0. The van der Waals surface area contributed by atoms with Gasteiger partial charge in [0, 0.05) is 23.7 Å². The van der Waals surface area contributed by atoms with Gasteiger partial charge >= 0.3 is 0 Å². The molecule has 0 radical (unpaired) electrons. The number of rotatable bonds is 2. The lowest BCUT2D eigenvalue weighted by molar-refractivity contribution is -0.125. The SMILES string of the molecule is CC1(C(=O)Nc2cc(C(C)(C)C)[nH]n2)CCCNC1. The number of amides is 1. The number of anilines is 1. The largest absolute Gasteiger partial charge is 0.316 e. The first-order chi connectivity index (χ1) is 8.81. The van der Waals surface area contributed by atoms with Gasteiger partial charge < -0.3 is 10.6 Å². The molecule has 0 bridgehead atoms. The molecule has 1 aromatic heterocycles. The van der Waals surface area contributed by atoms with Gasteiger partial charge in [-0.25, -0.2) is 0 Å². The van der Waals surface area contributed by atoms with Crippen LogP contribution in [-0.2, 0) is 10.2 Å². The molecule has 1 fully saturated rings. The number of carbonyl (C=O) groups is 1. The lowest BCUT2D eigenvalue weighted by Gasteiger charge is -2.32. The Morgan fingerprint density at radius 3 is 2.74 bits per heavy atom. The summed E-state index contributed by atoms with van der Waals surface area (Å²) in [5.41, 5.74) is 0.695. The van der Waals surface area contributed by atoms with Gasteiger partial charge in [0.05, 0.1) is 5.41 Å². The molecular weight excluding hydrogens is 240 g/mol. The van der Waals surface area contributed by atoms with E-state index in [9.17, 15) is 4.79 Å². The molecule has 5 heteroatoms. The van der Waals surface area contributed by atoms with Crippen molar-refractivity contribution in [3.63, 3.8) is 0 Å². The number of hydrogen-bond acceptors (Lipinski definition) is 3. The predicted molar refractivity (Wildman–Crippen MR) is 76.1 cm³/mol. The minimum absolute atomic E-state index is 0.00622. The second kappa shape index (κ2) is 4.96. The first-order valence-electron chi connectivity index (χ1n) is 6.89. The van der Waals surface area contributed by atoms with Crippen LogP contribution in [-0.4, -0.2) is 29.2 Å². The topological polar surface area (TPSA) is 69.8 Å². The third-order valence-electron chi connectivity index (χ3n) is 3.77. The van der Waals surface area contributed by atoms with Crippen molar-refractivity contribution in [1.82, 2.24) is 15.5 Å². The van der Waals surface area contributed by atoms with Crippen molar-refractivity contribution in [2.45, 2.75) is 46.0 Å². The number of nitrogens with one attached hydrogen (secondary N) is 3. The zero-order valence-corrected chi connectivity index (χ0v) is 12.3. The monoisotopic (exact) mass is 264 g/mol. The van der Waals surface area contributed by atoms with Crippen LogP contribution in [0.25, 0.3) is 0 Å². The van der Waals surface area contributed by atoms with Crippen LogP contribution in [0.5, 0.6) is 0 Å². The van der Waals surface area contributed by atoms with Crippen molar-refractivity contribution in [1.29, 1.82) is 0 Å². The molecule has 1 atom stereocenters. The molecule has 1 amide bonds. The highest BCUT2D eigenvalue weighted by molar-refractivity contribution is 5.94. The Morgan fingerprint density at radius 2 is 2.21 bits per heavy atom. The number of H-pyrrole nitrogens is 1. The minimum Gasteiger partial charge on any atom is -0.316 e. The summed E-state index contributed by atoms with van der Waals surface area (Å²) in [5.74, 6) is 0.661. The smallest absolute Gasteiger partial charge is 0.232 e. The van der Waals surface area contributed by atoms with Gasteiger partial charge in [0.2, 0.25) is 5.91 Å². The van der Waals surface area contributed by atoms with Gasteiger partial charge in [-0.3, -0.25) is 9.89 Å². The van der Waals surface area contributed by atoms with Crippen LogP contribution in [0.3, 0.4) is 0 Å². The van der Waals surface area contributed by atoms with Crippen molar-refractivity contribution in [3.05, 3.63) is 11.8 Å². The van der Waals surface area contributed by atoms with E-state index in [1.165, 1.54) is 0 Å². The summed E-state index contributed by atoms with van der Waals surface area (Å²) in [5, 5.41) is 13.4. The molecule has 1 saturated heterocycles. The fraction of sp³-hybridized carbons (Fsp3) is 0.714. The average Bonchev–Trinajstić information content (AvgIpc) is 2.78. The molecule has 0 aromatic carbocycles. The molecule has 0 saturated carbocycles. The molecule has 0 aliphatic carbocycles. The molecule has 1 aliphatic heterocycles. The summed E-state index contributed by atoms with van der Waals surface area (Å²) in [6, 6.07) is 1.91. The Morgan fingerprint density at radius 1 is 1.47 bits per heavy atom. The standard InChI is InChI=1S/C14H24N4O/c1-13(2,3)10-8-11(18-17-10)16-12(19)14(4)6-5-7-15-9-14/h8,15H,5-7,9H2,1-4H3,(H2,16,17,18,19). The first kappa shape index (κ1) is 14.1. The molecule has 3 N–H and O–H groups in total. The van der Waals surface area contributed by atoms with Crippen LogP contribution in [0.2, 0.25) is 0 Å². The van der Waals surface area contributed by atoms with Crippen molar-refractivity contribution in [3.8, 4) is 0 Å². The normalized spacial score (nSPS) is 24.2. The van der Waals surface area contributed by atoms with Crippen LogP contribution in [0.4, 0.5) is 5.82 Å². The summed E-state index contributed by atoms with van der Waals surface area (Å²) in [4.78, 5) is 12.3. The highest BCUT2D eigenvalue weighted by Crippen LogP contribution is 2.28. The molecule has 2 heterocycles. The fourth-order valence-electron chi connectivity index (χ4n) is 2.29. The third-order valence-corrected chi connectivity index (χ3v) is 3.77. The van der Waals surface area contributed by atoms with E-state index >= 15 is 0 Å². The second-order valence-electron chi connectivity index (χ2n) is 6.71. The van der Waals surface area contributed by atoms with Crippen molar-refractivity contribution >= 4 is 11.7 Å². The minimum atomic E-state index is -0.334. The van der Waals surface area contributed by atoms with Crippen LogP contribution in [0.15, 0.2) is 6.07 Å². The first-order valence-corrected chi connectivity index (χ1v) is 6.89. The van der Waals surface area contributed by atoms with Crippen molar-refractivity contribution in [2.24, 2.45) is 5.41 Å². The molecular formula is C14H24N4O. The van der Waals surface area contributed by atoms with Crippen LogP contribution in [0.1, 0.15) is 46.2 Å². The highest BCUT2D eigenvalue weighted by atomic mass is 16.2. The number of carbonyl (C=O) groups excluding carboxylic acids is 1. The van der Waals surface area contributed by atoms with E-state index in [0.717, 1.165) is 31.6 Å². The van der Waals surface area contributed by atoms with Gasteiger partial charge in [-0.2, -0.15) is 5.10 Å². The maximum Gasteiger partial charge on any atom is 0.232 e. The predicted octanol–water partition coefficient (Wildman–Crippen LogP) is 2.04. The van der Waals surface area contributed by atoms with Gasteiger partial charge in [0.1, 0.15) is 0 Å². The van der Waals surface area contributed by atoms with E-state index in [-0.39, 0.29) is 16.7 Å². The van der Waals surface area contributed by atoms with E-state index < -0.39 is 0 Å². The molecule has 106 valence electrons. The summed E-state index contributed by atoms with van der Waals surface area (Å²) in [6.45, 7) is 10.1. The van der Waals surface area contributed by atoms with Gasteiger partial charge in [0.15, 0.2) is 5.82 Å².